The zero-order chi connectivity index (χ0) is 56.3. The molecule has 17 N–H and O–H groups in total. The number of imidazole rings is 1. The van der Waals surface area contributed by atoms with Crippen molar-refractivity contribution in [3.63, 3.8) is 0 Å². The van der Waals surface area contributed by atoms with E-state index >= 15 is 0 Å². The highest BCUT2D eigenvalue weighted by Crippen LogP contribution is 2.25. The van der Waals surface area contributed by atoms with E-state index in [9.17, 15) is 43.5 Å². The van der Waals surface area contributed by atoms with Crippen molar-refractivity contribution >= 4 is 85.7 Å². The number of rotatable bonds is 18. The summed E-state index contributed by atoms with van der Waals surface area (Å²) in [4.78, 5) is 126. The molecule has 0 spiro atoms. The molecule has 2 aromatic heterocycles. The molecule has 3 aromatic carbocycles. The molecule has 24 nitrogen and oxygen atoms in total. The first-order valence-electron chi connectivity index (χ1n) is 25.1. The van der Waals surface area contributed by atoms with E-state index in [0.29, 0.717) is 16.8 Å². The Morgan fingerprint density at radius 1 is 0.756 bits per heavy atom. The van der Waals surface area contributed by atoms with Crippen LogP contribution in [0.4, 0.5) is 0 Å². The van der Waals surface area contributed by atoms with Crippen molar-refractivity contribution in [2.75, 3.05) is 18.1 Å². The van der Waals surface area contributed by atoms with Gasteiger partial charge in [-0.2, -0.15) is 0 Å². The second-order valence-electron chi connectivity index (χ2n) is 18.8. The normalized spacial score (nSPS) is 21.3. The van der Waals surface area contributed by atoms with Crippen molar-refractivity contribution in [1.82, 2.24) is 51.8 Å². The second-order valence-corrected chi connectivity index (χ2v) is 21.4. The van der Waals surface area contributed by atoms with E-state index in [0.717, 1.165) is 38.1 Å². The summed E-state index contributed by atoms with van der Waals surface area (Å²) >= 11 is 0. The molecule has 0 radical (unpaired) electrons. The number of guanidine groups is 1. The number of carbonyl (C=O) groups excluding carboxylic acids is 8. The number of aliphatic imine (C=N–C) groups is 1. The zero-order valence-electron chi connectivity index (χ0n) is 43.1. The Balaban J connectivity index is 1.42. The summed E-state index contributed by atoms with van der Waals surface area (Å²) in [5.74, 6) is -7.48. The number of benzene rings is 3. The Labute approximate surface area is 458 Å². The minimum Gasteiger partial charge on any atom is -0.391 e. The molecule has 26 heteroatoms. The number of aliphatic hydroxyl groups excluding tert-OH is 1. The van der Waals surface area contributed by atoms with Crippen LogP contribution in [0.1, 0.15) is 42.1 Å². The summed E-state index contributed by atoms with van der Waals surface area (Å²) in [5, 5.41) is 30.1. The van der Waals surface area contributed by atoms with E-state index in [2.05, 4.69) is 52.2 Å². The first kappa shape index (κ1) is 59.3. The Kier molecular flexibility index (Phi) is 22.0. The molecule has 1 aliphatic rings. The highest BCUT2D eigenvalue weighted by atomic mass is 33.1. The van der Waals surface area contributed by atoms with Gasteiger partial charge in [0.2, 0.25) is 47.3 Å². The van der Waals surface area contributed by atoms with Gasteiger partial charge in [-0.1, -0.05) is 100 Å². The molecule has 1 aliphatic heterocycles. The first-order valence-corrected chi connectivity index (χ1v) is 27.6. The number of nitrogens with one attached hydrogen (secondary N) is 8. The number of amides is 8. The van der Waals surface area contributed by atoms with Gasteiger partial charge in [0.05, 0.1) is 24.2 Å². The van der Waals surface area contributed by atoms with E-state index in [1.165, 1.54) is 13.3 Å². The average molecular weight is 1110 g/mol. The summed E-state index contributed by atoms with van der Waals surface area (Å²) in [5.41, 5.74) is 26.3. The molecule has 5 aromatic rings. The minimum atomic E-state index is -1.58. The molecule has 78 heavy (non-hydrogen) atoms. The number of hydrogen-bond donors (Lipinski definition) is 13. The summed E-state index contributed by atoms with van der Waals surface area (Å²) in [6, 6.07) is 13.8. The van der Waals surface area contributed by atoms with Gasteiger partial charge in [0.25, 0.3) is 0 Å². The monoisotopic (exact) mass is 1110 g/mol. The third-order valence-electron chi connectivity index (χ3n) is 12.6. The molecule has 0 unspecified atom stereocenters. The molecule has 416 valence electrons. The molecule has 9 atom stereocenters. The lowest BCUT2D eigenvalue weighted by Gasteiger charge is -2.28. The fourth-order valence-corrected chi connectivity index (χ4v) is 10.8. The topological polar surface area (TPSA) is 391 Å². The van der Waals surface area contributed by atoms with Crippen molar-refractivity contribution in [2.45, 2.75) is 99.9 Å². The number of aromatic amines is 1. The van der Waals surface area contributed by atoms with Gasteiger partial charge in [-0.15, -0.1) is 0 Å². The van der Waals surface area contributed by atoms with Crippen LogP contribution in [-0.4, -0.2) is 145 Å². The van der Waals surface area contributed by atoms with Crippen LogP contribution in [0.25, 0.3) is 10.9 Å². The van der Waals surface area contributed by atoms with Gasteiger partial charge in [0, 0.05) is 67.7 Å². The Morgan fingerprint density at radius 2 is 1.33 bits per heavy atom. The third-order valence-corrected chi connectivity index (χ3v) is 15.0. The molecule has 0 aliphatic carbocycles. The number of nitrogens with two attached hydrogens (primary N) is 4. The fourth-order valence-electron chi connectivity index (χ4n) is 8.43. The van der Waals surface area contributed by atoms with Crippen LogP contribution in [0.2, 0.25) is 0 Å². The predicted octanol–water partition coefficient (Wildman–Crippen LogP) is -1.79. The number of aromatic nitrogens is 3. The highest BCUT2D eigenvalue weighted by Gasteiger charge is 2.36. The number of primary amides is 1. The Morgan fingerprint density at radius 3 is 1.97 bits per heavy atom. The molecule has 1 saturated heterocycles. The van der Waals surface area contributed by atoms with Crippen molar-refractivity contribution in [3.05, 3.63) is 126 Å². The quantitative estimate of drug-likeness (QED) is 0.0199. The molecular formula is C52H67N15O9S2. The number of hydrogen-bond acceptors (Lipinski definition) is 14. The lowest BCUT2D eigenvalue weighted by molar-refractivity contribution is -0.135. The summed E-state index contributed by atoms with van der Waals surface area (Å²) in [7, 11) is 3.74. The van der Waals surface area contributed by atoms with Crippen LogP contribution >= 0.6 is 21.6 Å². The molecule has 3 heterocycles. The maximum Gasteiger partial charge on any atom is 0.244 e. The largest absolute Gasteiger partial charge is 0.391 e. The van der Waals surface area contributed by atoms with E-state index in [4.69, 9.17) is 22.9 Å². The van der Waals surface area contributed by atoms with E-state index in [1.54, 1.807) is 84.7 Å². The molecule has 0 bridgehead atoms. The van der Waals surface area contributed by atoms with Crippen LogP contribution < -0.4 is 60.2 Å². The molecule has 1 fully saturated rings. The van der Waals surface area contributed by atoms with Crippen LogP contribution in [-0.2, 0) is 71.1 Å². The maximum atomic E-state index is 14.8. The number of H-pyrrole nitrogens is 1. The average Bonchev–Trinajstić information content (AvgIpc) is 4.04. The van der Waals surface area contributed by atoms with Crippen molar-refractivity contribution in [2.24, 2.45) is 35.0 Å². The van der Waals surface area contributed by atoms with Gasteiger partial charge in [0.15, 0.2) is 5.96 Å². The van der Waals surface area contributed by atoms with Crippen LogP contribution in [0.5, 0.6) is 0 Å². The van der Waals surface area contributed by atoms with Crippen LogP contribution in [0, 0.1) is 0 Å². The molecule has 8 amide bonds. The molecule has 0 saturated carbocycles. The summed E-state index contributed by atoms with van der Waals surface area (Å²) in [6.07, 6.45) is 3.18. The summed E-state index contributed by atoms with van der Waals surface area (Å²) in [6.45, 7) is 1.29. The Bertz CT molecular complexity index is 2900. The highest BCUT2D eigenvalue weighted by molar-refractivity contribution is 8.76. The molecular weight excluding hydrogens is 1040 g/mol. The van der Waals surface area contributed by atoms with Gasteiger partial charge in [-0.05, 0) is 48.9 Å². The number of aryl methyl sites for hydroxylation is 1. The van der Waals surface area contributed by atoms with Gasteiger partial charge in [-0.3, -0.25) is 43.3 Å². The minimum absolute atomic E-state index is 0.0476. The van der Waals surface area contributed by atoms with Crippen LogP contribution in [0.3, 0.4) is 0 Å². The SMILES string of the molecule is C[C@@H](O)[C@H](NC(=O)[C@@H]1CSSC[C@H](NC(=O)[C@H](N)Cc2ccccc2)C(=O)N[C@@H](Cc2cn(C)cn2)C(=O)N[C@H](Cc2ccccc2)C(=O)N[C@@H](CCCN=C(N)N)C(=O)N[C@@H](Cc2c[nH]c3ccccc23)C(=O)N1)C(N)=O. The number of fused-ring (bicyclic) bond motifs is 1. The summed E-state index contributed by atoms with van der Waals surface area (Å²) < 4.78 is 1.65. The second kappa shape index (κ2) is 29.0. The van der Waals surface area contributed by atoms with E-state index in [1.807, 2.05) is 24.3 Å². The van der Waals surface area contributed by atoms with Gasteiger partial charge in [-0.25, -0.2) is 4.98 Å². The van der Waals surface area contributed by atoms with E-state index < -0.39 is 102 Å². The van der Waals surface area contributed by atoms with Crippen molar-refractivity contribution in [1.29, 1.82) is 0 Å². The lowest BCUT2D eigenvalue weighted by Crippen LogP contribution is -2.61. The van der Waals surface area contributed by atoms with Crippen LogP contribution in [0.15, 0.2) is 109 Å². The standard InChI is InChI=1S/C52H67N15O9S2/c1-29(68)43(44(54)69)66-51(76)42-27-78-77-26-41(64-45(70)35(53)20-30-12-5-3-6-13-30)50(75)63-40(23-33-25-67(2)28-59-33)49(74)61-38(21-31-14-7-4-8-15-31)47(72)60-37(18-11-19-57-52(55)56)46(71)62-39(48(73)65-42)22-32-24-58-36-17-10-9-16-34(32)36/h3-10,12-17,24-25,28-29,35,37-43,58,68H,11,18-23,26-27,53H2,1-2H3,(H2,54,69)(H,60,72)(H,61,74)(H,62,71)(H,63,75)(H,64,70)(H,65,73)(H,66,76)(H4,55,56,57)/t29-,35-,37+,38-,39+,40+,41+,42+,43+/m1/s1. The Hall–Kier alpha value is -7.94. The van der Waals surface area contributed by atoms with Crippen molar-refractivity contribution in [3.8, 4) is 0 Å². The molecule has 6 rings (SSSR count). The number of nitrogens with zero attached hydrogens (tertiary/aromatic N) is 3. The fraction of sp³-hybridized carbons (Fsp3) is 0.385. The first-order chi connectivity index (χ1) is 37.3. The van der Waals surface area contributed by atoms with E-state index in [-0.39, 0.29) is 62.5 Å². The predicted molar refractivity (Wildman–Crippen MR) is 296 cm³/mol. The van der Waals surface area contributed by atoms with Gasteiger partial charge < -0.3 is 74.8 Å². The number of carbonyl (C=O) groups is 8. The van der Waals surface area contributed by atoms with Gasteiger partial charge >= 0.3 is 0 Å². The zero-order valence-corrected chi connectivity index (χ0v) is 44.7. The third kappa shape index (κ3) is 17.8. The smallest absolute Gasteiger partial charge is 0.244 e. The number of para-hydroxylation sites is 1. The lowest BCUT2D eigenvalue weighted by atomic mass is 10.0. The van der Waals surface area contributed by atoms with Gasteiger partial charge in [0.1, 0.15) is 42.3 Å². The number of aliphatic hydroxyl groups is 1. The van der Waals surface area contributed by atoms with Crippen molar-refractivity contribution < 1.29 is 43.5 Å². The maximum absolute atomic E-state index is 14.8.